The number of carboxylic acids is 1. The fraction of sp³-hybridized carbons (Fsp3) is 0.571. The van der Waals surface area contributed by atoms with E-state index in [1.54, 1.807) is 0 Å². The highest BCUT2D eigenvalue weighted by atomic mass is 19.4. The summed E-state index contributed by atoms with van der Waals surface area (Å²) in [6, 6.07) is 0. The van der Waals surface area contributed by atoms with E-state index in [4.69, 9.17) is 0 Å². The van der Waals surface area contributed by atoms with E-state index in [2.05, 4.69) is 6.58 Å². The van der Waals surface area contributed by atoms with Gasteiger partial charge < -0.3 is 9.90 Å². The number of carboxylic acid groups (broad SMARTS) is 1. The molecule has 0 atom stereocenters. The Morgan fingerprint density at radius 2 is 1.44 bits per heavy atom. The highest BCUT2D eigenvalue weighted by Crippen LogP contribution is 2.45. The molecule has 0 saturated heterocycles. The maximum Gasteiger partial charge on any atom is 0.395 e. The predicted octanol–water partition coefficient (Wildman–Crippen LogP) is 1.52. The van der Waals surface area contributed by atoms with Crippen molar-refractivity contribution in [3.05, 3.63) is 12.2 Å². The molecule has 16 heavy (non-hydrogen) atoms. The molecular weight excluding hydrogens is 249 g/mol. The van der Waals surface area contributed by atoms with Crippen molar-refractivity contribution in [1.29, 1.82) is 0 Å². The number of aliphatic carboxylic acids is 1. The van der Waals surface area contributed by atoms with Crippen molar-refractivity contribution in [3.63, 3.8) is 0 Å². The van der Waals surface area contributed by atoms with Crippen LogP contribution >= 0.6 is 0 Å². The first kappa shape index (κ1) is 14.7. The number of carbonyl (C=O) groups excluding carboxylic acids is 1. The molecule has 0 fully saturated rings. The van der Waals surface area contributed by atoms with Gasteiger partial charge in [0.1, 0.15) is 6.42 Å². The first-order valence-electron chi connectivity index (χ1n) is 3.54. The van der Waals surface area contributed by atoms with Gasteiger partial charge >= 0.3 is 18.0 Å². The van der Waals surface area contributed by atoms with Crippen LogP contribution in [0.1, 0.15) is 6.42 Å². The van der Waals surface area contributed by atoms with Crippen LogP contribution in [0.2, 0.25) is 0 Å². The summed E-state index contributed by atoms with van der Waals surface area (Å²) in [6.45, 7) is 2.06. The molecule has 0 aromatic rings. The molecule has 0 amide bonds. The van der Waals surface area contributed by atoms with Crippen LogP contribution in [0.25, 0.3) is 0 Å². The minimum atomic E-state index is -5.59. The quantitative estimate of drug-likeness (QED) is 0.563. The summed E-state index contributed by atoms with van der Waals surface area (Å²) in [5, 5.41) is 9.85. The Morgan fingerprint density at radius 1 is 1.06 bits per heavy atom. The van der Waals surface area contributed by atoms with Crippen LogP contribution < -0.4 is 5.11 Å². The Kier molecular flexibility index (Phi) is 3.63. The zero-order chi connectivity index (χ0) is 13.4. The lowest BCUT2D eigenvalue weighted by atomic mass is 10.0. The monoisotopic (exact) mass is 253 g/mol. The molecule has 0 saturated carbocycles. The van der Waals surface area contributed by atoms with Gasteiger partial charge in [-0.05, 0) is 0 Å². The zero-order valence-corrected chi connectivity index (χ0v) is 7.38. The molecule has 0 aliphatic heterocycles. The number of hydrogen-bond donors (Lipinski definition) is 0. The molecule has 0 radical (unpaired) electrons. The van der Waals surface area contributed by atoms with Gasteiger partial charge in [0.15, 0.2) is 0 Å². The van der Waals surface area contributed by atoms with E-state index >= 15 is 0 Å². The molecule has 0 aliphatic carbocycles. The van der Waals surface area contributed by atoms with E-state index < -0.39 is 36.0 Å². The number of alkyl halides is 7. The summed E-state index contributed by atoms with van der Waals surface area (Å²) < 4.78 is 84.8. The van der Waals surface area contributed by atoms with Crippen LogP contribution in [0.5, 0.6) is 0 Å². The van der Waals surface area contributed by atoms with Gasteiger partial charge in [-0.2, -0.15) is 30.7 Å². The molecule has 0 aliphatic rings. The van der Waals surface area contributed by atoms with Crippen molar-refractivity contribution in [2.45, 2.75) is 24.4 Å². The number of carbonyl (C=O) groups is 1. The molecule has 0 heterocycles. The third kappa shape index (κ3) is 3.11. The van der Waals surface area contributed by atoms with Crippen molar-refractivity contribution in [2.75, 3.05) is 0 Å². The Labute approximate surface area is 84.4 Å². The zero-order valence-electron chi connectivity index (χ0n) is 7.38. The molecule has 0 bridgehead atoms. The fourth-order valence-corrected chi connectivity index (χ4v) is 0.712. The molecule has 0 aromatic heterocycles. The topological polar surface area (TPSA) is 40.1 Å². The van der Waals surface area contributed by atoms with E-state index in [1.807, 2.05) is 0 Å². The van der Waals surface area contributed by atoms with Crippen molar-refractivity contribution in [1.82, 2.24) is 0 Å². The third-order valence-corrected chi connectivity index (χ3v) is 1.51. The smallest absolute Gasteiger partial charge is 0.395 e. The second-order valence-corrected chi connectivity index (χ2v) is 2.84. The van der Waals surface area contributed by atoms with E-state index in [0.717, 1.165) is 0 Å². The maximum absolute atomic E-state index is 12.6. The van der Waals surface area contributed by atoms with Gasteiger partial charge in [-0.15, -0.1) is 0 Å². The van der Waals surface area contributed by atoms with Gasteiger partial charge in [-0.3, -0.25) is 0 Å². The van der Waals surface area contributed by atoms with Crippen LogP contribution in [0, 0.1) is 0 Å². The highest BCUT2D eigenvalue weighted by molar-refractivity contribution is 5.86. The average molecular weight is 253 g/mol. The number of rotatable bonds is 4. The molecule has 0 rings (SSSR count). The van der Waals surface area contributed by atoms with Crippen LogP contribution in [0.3, 0.4) is 0 Å². The summed E-state index contributed by atoms with van der Waals surface area (Å²) in [7, 11) is 0. The first-order chi connectivity index (χ1) is 6.81. The van der Waals surface area contributed by atoms with Crippen molar-refractivity contribution in [3.8, 4) is 0 Å². The molecule has 0 unspecified atom stereocenters. The van der Waals surface area contributed by atoms with E-state index in [-0.39, 0.29) is 0 Å². The molecule has 9 heteroatoms. The summed E-state index contributed by atoms with van der Waals surface area (Å²) in [5.74, 6) is -13.9. The van der Waals surface area contributed by atoms with E-state index in [0.29, 0.717) is 0 Å². The lowest BCUT2D eigenvalue weighted by Gasteiger charge is -2.29. The summed E-state index contributed by atoms with van der Waals surface area (Å²) >= 11 is 0. The minimum Gasteiger partial charge on any atom is -0.545 e. The lowest BCUT2D eigenvalue weighted by molar-refractivity contribution is -0.308. The summed E-state index contributed by atoms with van der Waals surface area (Å²) in [5.41, 5.74) is -2.40. The van der Waals surface area contributed by atoms with E-state index in [9.17, 15) is 40.6 Å². The number of halogens is 7. The SMILES string of the molecule is C=C(C(=O)[O-])C(F)(F)C(F)(F)CC(F)(F)F. The molecule has 0 spiro atoms. The summed E-state index contributed by atoms with van der Waals surface area (Å²) in [6.07, 6.45) is -8.72. The Morgan fingerprint density at radius 3 is 1.69 bits per heavy atom. The minimum absolute atomic E-state index is 2.06. The maximum atomic E-state index is 12.6. The molecule has 0 aromatic carbocycles. The second kappa shape index (κ2) is 3.95. The standard InChI is InChI=1S/C7H5F7O2/c1-3(4(15)16)7(13,14)5(8,9)2-6(10,11)12/h1-2H2,(H,15,16)/p-1. The van der Waals surface area contributed by atoms with Gasteiger partial charge in [-0.25, -0.2) is 0 Å². The van der Waals surface area contributed by atoms with Crippen LogP contribution in [0.4, 0.5) is 30.7 Å². The van der Waals surface area contributed by atoms with Crippen LogP contribution in [0.15, 0.2) is 12.2 Å². The Bertz CT molecular complexity index is 304. The average Bonchev–Trinajstić information content (AvgIpc) is 1.97. The molecule has 0 N–H and O–H groups in total. The Hall–Kier alpha value is -1.28. The molecular formula is C7H4F7O2-. The van der Waals surface area contributed by atoms with Gasteiger partial charge in [-0.1, -0.05) is 6.58 Å². The van der Waals surface area contributed by atoms with Gasteiger partial charge in [0.2, 0.25) is 0 Å². The highest BCUT2D eigenvalue weighted by Gasteiger charge is 2.62. The van der Waals surface area contributed by atoms with Gasteiger partial charge in [0.05, 0.1) is 5.97 Å². The second-order valence-electron chi connectivity index (χ2n) is 2.84. The van der Waals surface area contributed by atoms with Gasteiger partial charge in [0.25, 0.3) is 0 Å². The van der Waals surface area contributed by atoms with Crippen molar-refractivity contribution in [2.24, 2.45) is 0 Å². The lowest BCUT2D eigenvalue weighted by Crippen LogP contribution is -2.48. The normalized spacial score (nSPS) is 13.7. The third-order valence-electron chi connectivity index (χ3n) is 1.51. The van der Waals surface area contributed by atoms with Crippen molar-refractivity contribution < 1.29 is 40.6 Å². The van der Waals surface area contributed by atoms with Crippen molar-refractivity contribution >= 4 is 5.97 Å². The van der Waals surface area contributed by atoms with Crippen LogP contribution in [-0.4, -0.2) is 24.0 Å². The first-order valence-corrected chi connectivity index (χ1v) is 3.54. The number of hydrogen-bond acceptors (Lipinski definition) is 2. The summed E-state index contributed by atoms with van der Waals surface area (Å²) in [4.78, 5) is 9.85. The Balaban J connectivity index is 5.13. The van der Waals surface area contributed by atoms with Gasteiger partial charge in [0, 0.05) is 5.57 Å². The van der Waals surface area contributed by atoms with Crippen LogP contribution in [-0.2, 0) is 4.79 Å². The molecule has 94 valence electrons. The van der Waals surface area contributed by atoms with E-state index in [1.165, 1.54) is 0 Å². The predicted molar refractivity (Wildman–Crippen MR) is 34.7 cm³/mol. The fourth-order valence-electron chi connectivity index (χ4n) is 0.712. The molecule has 2 nitrogen and oxygen atoms in total. The largest absolute Gasteiger partial charge is 0.545 e.